The average molecular weight is 611 g/mol. The molecule has 0 saturated carbocycles. The number of nitrogens with zero attached hydrogens (tertiary/aromatic N) is 1. The Labute approximate surface area is 273 Å². The van der Waals surface area contributed by atoms with Gasteiger partial charge in [0.1, 0.15) is 13.1 Å². The van der Waals surface area contributed by atoms with E-state index >= 15 is 0 Å². The van der Waals surface area contributed by atoms with Crippen molar-refractivity contribution in [1.29, 1.82) is 0 Å². The summed E-state index contributed by atoms with van der Waals surface area (Å²) in [5, 5.41) is 19.6. The second-order valence-electron chi connectivity index (χ2n) is 14.3. The van der Waals surface area contributed by atoms with Crippen LogP contribution in [0, 0.1) is 0 Å². The fraction of sp³-hybridized carbons (Fsp3) is 1.00. The van der Waals surface area contributed by atoms with Crippen LogP contribution in [0.5, 0.6) is 0 Å². The lowest BCUT2D eigenvalue weighted by Crippen LogP contribution is -2.52. The zero-order valence-electron chi connectivity index (χ0n) is 30.2. The highest BCUT2D eigenvalue weighted by molar-refractivity contribution is 4.54. The minimum Gasteiger partial charge on any atom is -0.391 e. The van der Waals surface area contributed by atoms with Crippen LogP contribution in [0.15, 0.2) is 0 Å². The van der Waals surface area contributed by atoms with Crippen molar-refractivity contribution in [3.63, 3.8) is 0 Å². The number of quaternary nitrogens is 1. The first-order valence-electron chi connectivity index (χ1n) is 20.3. The van der Waals surface area contributed by atoms with Gasteiger partial charge < -0.3 is 14.7 Å². The summed E-state index contributed by atoms with van der Waals surface area (Å²) in [6.45, 7) is 9.00. The minimum absolute atomic E-state index is 0.248. The van der Waals surface area contributed by atoms with Crippen molar-refractivity contribution in [2.75, 3.05) is 39.4 Å². The molecule has 2 N–H and O–H groups in total. The van der Waals surface area contributed by atoms with Crippen molar-refractivity contribution in [2.24, 2.45) is 0 Å². The van der Waals surface area contributed by atoms with Gasteiger partial charge in [-0.25, -0.2) is 0 Å². The van der Waals surface area contributed by atoms with Crippen molar-refractivity contribution in [3.05, 3.63) is 0 Å². The molecule has 0 fully saturated rings. The van der Waals surface area contributed by atoms with Crippen LogP contribution in [-0.4, -0.2) is 54.1 Å². The third-order valence-corrected chi connectivity index (χ3v) is 10.1. The maximum atomic E-state index is 9.80. The van der Waals surface area contributed by atoms with E-state index < -0.39 is 0 Å². The third kappa shape index (κ3) is 31.6. The molecule has 0 aromatic heterocycles. The van der Waals surface area contributed by atoms with Crippen molar-refractivity contribution in [1.82, 2.24) is 0 Å². The summed E-state index contributed by atoms with van der Waals surface area (Å²) < 4.78 is 0.935. The van der Waals surface area contributed by atoms with E-state index in [9.17, 15) is 10.2 Å². The van der Waals surface area contributed by atoms with Gasteiger partial charge in [-0.3, -0.25) is 0 Å². The molecule has 0 radical (unpaired) electrons. The van der Waals surface area contributed by atoms with Crippen molar-refractivity contribution in [3.8, 4) is 0 Å². The molecule has 0 spiro atoms. The lowest BCUT2D eigenvalue weighted by atomic mass is 10.0. The Morgan fingerprint density at radius 2 is 0.442 bits per heavy atom. The molecule has 0 atom stereocenters. The van der Waals surface area contributed by atoms with Crippen LogP contribution in [0.2, 0.25) is 0 Å². The molecule has 0 bridgehead atoms. The van der Waals surface area contributed by atoms with E-state index in [2.05, 4.69) is 13.8 Å². The zero-order chi connectivity index (χ0) is 31.4. The van der Waals surface area contributed by atoms with Gasteiger partial charge in [-0.05, 0) is 25.7 Å². The predicted octanol–water partition coefficient (Wildman–Crippen LogP) is 12.3. The molecule has 0 aliphatic heterocycles. The first kappa shape index (κ1) is 42.9. The molecular weight excluding hydrogens is 526 g/mol. The lowest BCUT2D eigenvalue weighted by molar-refractivity contribution is -0.929. The van der Waals surface area contributed by atoms with Gasteiger partial charge in [-0.1, -0.05) is 194 Å². The molecule has 0 rings (SSSR count). The molecule has 43 heavy (non-hydrogen) atoms. The third-order valence-electron chi connectivity index (χ3n) is 10.1. The van der Waals surface area contributed by atoms with E-state index in [1.807, 2.05) is 0 Å². The fourth-order valence-corrected chi connectivity index (χ4v) is 7.09. The summed E-state index contributed by atoms with van der Waals surface area (Å²) in [6, 6.07) is 0. The van der Waals surface area contributed by atoms with Gasteiger partial charge >= 0.3 is 0 Å². The number of hydrogen-bond acceptors (Lipinski definition) is 2. The monoisotopic (exact) mass is 611 g/mol. The Morgan fingerprint density at radius 1 is 0.256 bits per heavy atom. The molecule has 0 saturated heterocycles. The number of rotatable bonds is 38. The summed E-state index contributed by atoms with van der Waals surface area (Å²) in [5.41, 5.74) is 0. The normalized spacial score (nSPS) is 12.0. The Bertz CT molecular complexity index is 453. The van der Waals surface area contributed by atoms with E-state index in [4.69, 9.17) is 0 Å². The molecule has 0 amide bonds. The van der Waals surface area contributed by atoms with Gasteiger partial charge in [0, 0.05) is 0 Å². The number of unbranched alkanes of at least 4 members (excludes halogenated alkanes) is 30. The topological polar surface area (TPSA) is 40.5 Å². The summed E-state index contributed by atoms with van der Waals surface area (Å²) in [4.78, 5) is 0. The molecule has 0 unspecified atom stereocenters. The van der Waals surface area contributed by atoms with E-state index in [0.29, 0.717) is 0 Å². The Hall–Kier alpha value is -0.120. The van der Waals surface area contributed by atoms with Crippen LogP contribution in [-0.2, 0) is 0 Å². The average Bonchev–Trinajstić information content (AvgIpc) is 3.01. The second kappa shape index (κ2) is 36.3. The Balaban J connectivity index is 3.72. The van der Waals surface area contributed by atoms with Gasteiger partial charge in [0.25, 0.3) is 0 Å². The highest BCUT2D eigenvalue weighted by atomic mass is 16.3. The molecule has 0 aliphatic rings. The molecular formula is C40H84NO2+. The van der Waals surface area contributed by atoms with Gasteiger partial charge in [-0.2, -0.15) is 0 Å². The van der Waals surface area contributed by atoms with Gasteiger partial charge in [-0.15, -0.1) is 0 Å². The molecule has 0 aromatic carbocycles. The van der Waals surface area contributed by atoms with E-state index in [0.717, 1.165) is 30.7 Å². The quantitative estimate of drug-likeness (QED) is 0.0539. The smallest absolute Gasteiger partial charge is 0.102 e. The van der Waals surface area contributed by atoms with Crippen LogP contribution in [0.3, 0.4) is 0 Å². The molecule has 260 valence electrons. The molecule has 3 nitrogen and oxygen atoms in total. The highest BCUT2D eigenvalue weighted by Gasteiger charge is 2.25. The molecule has 3 heteroatoms. The minimum atomic E-state index is 0.248. The highest BCUT2D eigenvalue weighted by Crippen LogP contribution is 2.18. The van der Waals surface area contributed by atoms with Gasteiger partial charge in [0.2, 0.25) is 0 Å². The first-order chi connectivity index (χ1) is 21.2. The lowest BCUT2D eigenvalue weighted by Gasteiger charge is -2.38. The summed E-state index contributed by atoms with van der Waals surface area (Å²) in [6.07, 6.45) is 45.0. The summed E-state index contributed by atoms with van der Waals surface area (Å²) in [5.74, 6) is 0. The maximum Gasteiger partial charge on any atom is 0.102 e. The van der Waals surface area contributed by atoms with Crippen molar-refractivity contribution in [2.45, 2.75) is 219 Å². The first-order valence-corrected chi connectivity index (χ1v) is 20.3. The number of aliphatic hydroxyl groups excluding tert-OH is 2. The second-order valence-corrected chi connectivity index (χ2v) is 14.3. The fourth-order valence-electron chi connectivity index (χ4n) is 7.09. The number of aliphatic hydroxyl groups is 2. The molecule has 0 aliphatic carbocycles. The SMILES string of the molecule is CCCCCCCCCCCCCCCCCC[N+](CCO)(CCO)CCCCCCCCCCCCCCCCCC. The van der Waals surface area contributed by atoms with Crippen molar-refractivity contribution >= 4 is 0 Å². The summed E-state index contributed by atoms with van der Waals surface area (Å²) in [7, 11) is 0. The van der Waals surface area contributed by atoms with Crippen LogP contribution >= 0.6 is 0 Å². The summed E-state index contributed by atoms with van der Waals surface area (Å²) >= 11 is 0. The van der Waals surface area contributed by atoms with Crippen LogP contribution in [0.25, 0.3) is 0 Å². The zero-order valence-corrected chi connectivity index (χ0v) is 30.2. The largest absolute Gasteiger partial charge is 0.391 e. The van der Waals surface area contributed by atoms with E-state index in [1.54, 1.807) is 0 Å². The van der Waals surface area contributed by atoms with Crippen LogP contribution in [0.4, 0.5) is 0 Å². The predicted molar refractivity (Wildman–Crippen MR) is 193 cm³/mol. The molecule has 0 aromatic rings. The van der Waals surface area contributed by atoms with Gasteiger partial charge in [0.15, 0.2) is 0 Å². The van der Waals surface area contributed by atoms with Crippen LogP contribution < -0.4 is 0 Å². The Kier molecular flexibility index (Phi) is 36.2. The number of hydrogen-bond donors (Lipinski definition) is 2. The Morgan fingerprint density at radius 3 is 0.628 bits per heavy atom. The molecule has 0 heterocycles. The van der Waals surface area contributed by atoms with E-state index in [-0.39, 0.29) is 13.2 Å². The van der Waals surface area contributed by atoms with E-state index in [1.165, 1.54) is 205 Å². The van der Waals surface area contributed by atoms with Gasteiger partial charge in [0.05, 0.1) is 26.3 Å². The maximum absolute atomic E-state index is 9.80. The van der Waals surface area contributed by atoms with Crippen LogP contribution in [0.1, 0.15) is 219 Å². The standard InChI is InChI=1S/C40H84NO2/c1-3-5-7-9-11-13-15-17-19-21-23-25-27-29-31-33-35-41(37-39-42,38-40-43)36-34-32-30-28-26-24-22-20-18-16-14-12-10-8-6-4-2/h42-43H,3-40H2,1-2H3/q+1. The van der Waals surface area contributed by atoms with Crippen molar-refractivity contribution < 1.29 is 14.7 Å².